The maximum Gasteiger partial charge on any atom is 0.160 e. The minimum absolute atomic E-state index is 0.173. The molecule has 6 nitrogen and oxygen atoms in total. The van der Waals surface area contributed by atoms with Crippen molar-refractivity contribution in [3.05, 3.63) is 115 Å². The quantitative estimate of drug-likeness (QED) is 0.122. The van der Waals surface area contributed by atoms with Crippen molar-refractivity contribution in [1.82, 2.24) is 9.88 Å². The van der Waals surface area contributed by atoms with Crippen LogP contribution in [0.5, 0.6) is 5.75 Å². The summed E-state index contributed by atoms with van der Waals surface area (Å²) in [4.78, 5) is 5.58. The van der Waals surface area contributed by atoms with E-state index < -0.39 is 6.10 Å². The molecule has 4 rings (SSSR count). The highest BCUT2D eigenvalue weighted by Crippen LogP contribution is 2.33. The maximum atomic E-state index is 10.9. The van der Waals surface area contributed by atoms with Crippen LogP contribution in [0.25, 0.3) is 21.8 Å². The zero-order valence-electron chi connectivity index (χ0n) is 25.2. The molecule has 2 N–H and O–H groups in total. The van der Waals surface area contributed by atoms with E-state index in [0.29, 0.717) is 37.8 Å². The third kappa shape index (κ3) is 9.55. The van der Waals surface area contributed by atoms with Crippen LogP contribution in [-0.4, -0.2) is 54.5 Å². The minimum Gasteiger partial charge on any atom is -0.493 e. The molecule has 3 aromatic carbocycles. The van der Waals surface area contributed by atoms with E-state index >= 15 is 0 Å². The van der Waals surface area contributed by atoms with Gasteiger partial charge in [0, 0.05) is 35.9 Å². The van der Waals surface area contributed by atoms with Crippen molar-refractivity contribution in [3.63, 3.8) is 0 Å². The third-order valence-electron chi connectivity index (χ3n) is 6.14. The van der Waals surface area contributed by atoms with E-state index in [9.17, 15) is 5.11 Å². The molecule has 0 radical (unpaired) electrons. The van der Waals surface area contributed by atoms with Crippen LogP contribution in [-0.2, 0) is 16.0 Å². The second-order valence-electron chi connectivity index (χ2n) is 8.72. The molecular formula is C35H46N2O4. The summed E-state index contributed by atoms with van der Waals surface area (Å²) in [6.07, 6.45) is 2.51. The minimum atomic E-state index is -0.693. The van der Waals surface area contributed by atoms with Crippen molar-refractivity contribution in [2.45, 2.75) is 40.3 Å². The molecule has 4 aromatic rings. The highest BCUT2D eigenvalue weighted by atomic mass is 16.5. The molecule has 1 aromatic heterocycles. The number of H-pyrrole nitrogens is 1. The van der Waals surface area contributed by atoms with Gasteiger partial charge < -0.3 is 24.3 Å². The van der Waals surface area contributed by atoms with Crippen molar-refractivity contribution in [2.75, 3.05) is 33.4 Å². The number of nitrogens with zero attached hydrogens (tertiary/aromatic N) is 1. The molecule has 0 saturated heterocycles. The first-order valence-corrected chi connectivity index (χ1v) is 14.4. The zero-order valence-corrected chi connectivity index (χ0v) is 25.2. The van der Waals surface area contributed by atoms with Crippen molar-refractivity contribution in [1.29, 1.82) is 0 Å². The normalized spacial score (nSPS) is 11.9. The van der Waals surface area contributed by atoms with Crippen LogP contribution in [0.2, 0.25) is 0 Å². The molecule has 0 saturated carbocycles. The summed E-state index contributed by atoms with van der Waals surface area (Å²) in [7, 11) is 1.57. The predicted octanol–water partition coefficient (Wildman–Crippen LogP) is 7.86. The standard InChI is InChI=1S/C31H34N2O4.2C2H6/c1-4-28(35-3)29(5-2)36-19-18-33(20-23-12-7-6-8-13-23)21-24(34)22-37-30-17-11-16-27-31(30)25-14-9-10-15-26(25)32-27;2*1-2/h4-17,24,32,34H,1-2,18-22H2,3H3;2*1-2H3/b29-28-;;. The monoisotopic (exact) mass is 558 g/mol. The van der Waals surface area contributed by atoms with Crippen molar-refractivity contribution < 1.29 is 19.3 Å². The molecular weight excluding hydrogens is 512 g/mol. The SMILES string of the molecule is C=C/C(OC)=C(\C=C)OCCN(Cc1ccccc1)CC(O)COc1cccc2[nH]c3ccccc3c12.CC.CC. The lowest BCUT2D eigenvalue weighted by atomic mass is 10.1. The van der Waals surface area contributed by atoms with Crippen molar-refractivity contribution >= 4 is 21.8 Å². The summed E-state index contributed by atoms with van der Waals surface area (Å²) in [5.41, 5.74) is 3.23. The number of hydrogen-bond donors (Lipinski definition) is 2. The number of aromatic amines is 1. The molecule has 41 heavy (non-hydrogen) atoms. The van der Waals surface area contributed by atoms with Gasteiger partial charge in [0.05, 0.1) is 12.6 Å². The van der Waals surface area contributed by atoms with E-state index in [0.717, 1.165) is 33.1 Å². The van der Waals surface area contributed by atoms with Gasteiger partial charge in [-0.05, 0) is 35.9 Å². The fourth-order valence-electron chi connectivity index (χ4n) is 4.40. The summed E-state index contributed by atoms with van der Waals surface area (Å²) in [5.74, 6) is 1.82. The summed E-state index contributed by atoms with van der Waals surface area (Å²) < 4.78 is 17.3. The number of aliphatic hydroxyl groups is 1. The van der Waals surface area contributed by atoms with Gasteiger partial charge in [0.15, 0.2) is 11.5 Å². The Morgan fingerprint density at radius 2 is 1.54 bits per heavy atom. The Labute approximate surface area is 245 Å². The molecule has 1 unspecified atom stereocenters. The van der Waals surface area contributed by atoms with Crippen LogP contribution in [0.4, 0.5) is 0 Å². The fourth-order valence-corrected chi connectivity index (χ4v) is 4.40. The number of benzene rings is 3. The molecule has 0 bridgehead atoms. The number of rotatable bonds is 14. The third-order valence-corrected chi connectivity index (χ3v) is 6.14. The molecule has 1 atom stereocenters. The second-order valence-corrected chi connectivity index (χ2v) is 8.72. The zero-order chi connectivity index (χ0) is 30.0. The molecule has 0 aliphatic heterocycles. The lowest BCUT2D eigenvalue weighted by molar-refractivity contribution is 0.0558. The summed E-state index contributed by atoms with van der Waals surface area (Å²) in [5, 5.41) is 13.1. The van der Waals surface area contributed by atoms with Gasteiger partial charge in [-0.2, -0.15) is 0 Å². The van der Waals surface area contributed by atoms with Gasteiger partial charge in [0.1, 0.15) is 25.1 Å². The van der Waals surface area contributed by atoms with Crippen molar-refractivity contribution in [2.24, 2.45) is 0 Å². The summed E-state index contributed by atoms with van der Waals surface area (Å²) in [6.45, 7) is 17.8. The Morgan fingerprint density at radius 1 is 0.878 bits per heavy atom. The Morgan fingerprint density at radius 3 is 2.22 bits per heavy atom. The molecule has 1 heterocycles. The number of methoxy groups -OCH3 is 1. The molecule has 0 aliphatic rings. The fraction of sp³-hybridized carbons (Fsp3) is 0.314. The van der Waals surface area contributed by atoms with Crippen LogP contribution in [0.1, 0.15) is 33.3 Å². The number of allylic oxidation sites excluding steroid dienone is 2. The van der Waals surface area contributed by atoms with Gasteiger partial charge in [0.2, 0.25) is 0 Å². The van der Waals surface area contributed by atoms with Crippen LogP contribution in [0.3, 0.4) is 0 Å². The lowest BCUT2D eigenvalue weighted by Crippen LogP contribution is -2.37. The first-order chi connectivity index (χ1) is 20.1. The Bertz CT molecular complexity index is 1360. The number of nitrogens with one attached hydrogen (secondary N) is 1. The number of hydrogen-bond acceptors (Lipinski definition) is 5. The lowest BCUT2D eigenvalue weighted by Gasteiger charge is -2.25. The summed E-state index contributed by atoms with van der Waals surface area (Å²) >= 11 is 0. The van der Waals surface area contributed by atoms with E-state index in [1.807, 2.05) is 76.2 Å². The van der Waals surface area contributed by atoms with E-state index in [-0.39, 0.29) is 6.61 Å². The number of para-hydroxylation sites is 1. The van der Waals surface area contributed by atoms with Crippen LogP contribution >= 0.6 is 0 Å². The average molecular weight is 559 g/mol. The van der Waals surface area contributed by atoms with E-state index in [2.05, 4.69) is 47.3 Å². The molecule has 0 aliphatic carbocycles. The molecule has 0 spiro atoms. The van der Waals surface area contributed by atoms with Gasteiger partial charge >= 0.3 is 0 Å². The predicted molar refractivity (Wildman–Crippen MR) is 172 cm³/mol. The number of aliphatic hydroxyl groups excluding tert-OH is 1. The highest BCUT2D eigenvalue weighted by molar-refractivity contribution is 6.10. The topological polar surface area (TPSA) is 67.0 Å². The van der Waals surface area contributed by atoms with E-state index in [1.54, 1.807) is 19.3 Å². The van der Waals surface area contributed by atoms with Gasteiger partial charge in [-0.3, -0.25) is 4.90 Å². The molecule has 220 valence electrons. The smallest absolute Gasteiger partial charge is 0.160 e. The van der Waals surface area contributed by atoms with Gasteiger partial charge in [-0.25, -0.2) is 0 Å². The van der Waals surface area contributed by atoms with Gasteiger partial charge in [0.25, 0.3) is 0 Å². The van der Waals surface area contributed by atoms with Crippen LogP contribution < -0.4 is 4.74 Å². The Hall–Kier alpha value is -4.00. The van der Waals surface area contributed by atoms with E-state index in [4.69, 9.17) is 14.2 Å². The molecule has 6 heteroatoms. The molecule has 0 fully saturated rings. The second kappa shape index (κ2) is 18.4. The average Bonchev–Trinajstić information content (AvgIpc) is 3.41. The first-order valence-electron chi connectivity index (χ1n) is 14.4. The maximum absolute atomic E-state index is 10.9. The van der Waals surface area contributed by atoms with E-state index in [1.165, 1.54) is 0 Å². The number of ether oxygens (including phenoxy) is 3. The van der Waals surface area contributed by atoms with Gasteiger partial charge in [-0.1, -0.05) is 95.5 Å². The Balaban J connectivity index is 0.00000141. The van der Waals surface area contributed by atoms with Gasteiger partial charge in [-0.15, -0.1) is 0 Å². The number of fused-ring (bicyclic) bond motifs is 3. The van der Waals surface area contributed by atoms with Crippen LogP contribution in [0, 0.1) is 0 Å². The number of aromatic nitrogens is 1. The first kappa shape index (κ1) is 33.2. The highest BCUT2D eigenvalue weighted by Gasteiger charge is 2.16. The van der Waals surface area contributed by atoms with Crippen molar-refractivity contribution in [3.8, 4) is 5.75 Å². The Kier molecular flexibility index (Phi) is 14.9. The van der Waals surface area contributed by atoms with Crippen LogP contribution in [0.15, 0.2) is 110 Å². The summed E-state index contributed by atoms with van der Waals surface area (Å²) in [6, 6.07) is 24.3. The largest absolute Gasteiger partial charge is 0.493 e. The molecule has 0 amide bonds.